The van der Waals surface area contributed by atoms with Crippen LogP contribution < -0.4 is 0 Å². The summed E-state index contributed by atoms with van der Waals surface area (Å²) in [5.41, 5.74) is 0. The maximum Gasteiger partial charge on any atom is 0.186 e. The van der Waals surface area contributed by atoms with E-state index in [0.717, 1.165) is 25.7 Å². The number of unbranched alkanes of at least 4 members (excludes halogenated alkanes) is 5. The molecule has 0 bridgehead atoms. The topological polar surface area (TPSA) is 99.4 Å². The minimum Gasteiger partial charge on any atom is -0.394 e. The molecule has 4 N–H and O–H groups in total. The lowest BCUT2D eigenvalue weighted by molar-refractivity contribution is -0.311. The van der Waals surface area contributed by atoms with E-state index in [1.807, 2.05) is 6.92 Å². The van der Waals surface area contributed by atoms with Gasteiger partial charge in [0.05, 0.1) is 12.7 Å². The van der Waals surface area contributed by atoms with Crippen molar-refractivity contribution < 1.29 is 29.9 Å². The van der Waals surface area contributed by atoms with E-state index >= 15 is 0 Å². The molecule has 0 spiro atoms. The molecule has 1 unspecified atom stereocenters. The third kappa shape index (κ3) is 6.64. The van der Waals surface area contributed by atoms with Gasteiger partial charge in [0.1, 0.15) is 24.4 Å². The maximum absolute atomic E-state index is 9.99. The first-order valence-electron chi connectivity index (χ1n) is 9.01. The summed E-state index contributed by atoms with van der Waals surface area (Å²) in [6, 6.07) is 0. The Kier molecular flexibility index (Phi) is 10.3. The molecule has 0 aromatic carbocycles. The van der Waals surface area contributed by atoms with Gasteiger partial charge in [0.25, 0.3) is 0 Å². The highest BCUT2D eigenvalue weighted by Gasteiger charge is 2.44. The number of ether oxygens (including phenoxy) is 2. The van der Waals surface area contributed by atoms with Gasteiger partial charge in [0.15, 0.2) is 6.29 Å². The predicted molar refractivity (Wildman–Crippen MR) is 86.9 cm³/mol. The summed E-state index contributed by atoms with van der Waals surface area (Å²) in [5.74, 6) is 0. The van der Waals surface area contributed by atoms with E-state index in [1.54, 1.807) is 0 Å². The molecule has 1 saturated heterocycles. The first-order valence-corrected chi connectivity index (χ1v) is 9.01. The molecule has 1 heterocycles. The van der Waals surface area contributed by atoms with Gasteiger partial charge in [-0.3, -0.25) is 0 Å². The quantitative estimate of drug-likeness (QED) is 0.426. The van der Waals surface area contributed by atoms with Gasteiger partial charge in [-0.05, 0) is 12.8 Å². The Bertz CT molecular complexity index is 299. The molecular weight excluding hydrogens is 300 g/mol. The van der Waals surface area contributed by atoms with Crippen LogP contribution in [0.5, 0.6) is 0 Å². The van der Waals surface area contributed by atoms with Crippen LogP contribution >= 0.6 is 0 Å². The zero-order valence-electron chi connectivity index (χ0n) is 14.4. The van der Waals surface area contributed by atoms with Crippen molar-refractivity contribution in [3.8, 4) is 0 Å². The van der Waals surface area contributed by atoms with E-state index in [0.29, 0.717) is 0 Å². The van der Waals surface area contributed by atoms with E-state index in [-0.39, 0.29) is 6.10 Å². The third-order valence-electron chi connectivity index (χ3n) is 4.51. The summed E-state index contributed by atoms with van der Waals surface area (Å²) in [6.07, 6.45) is 2.85. The van der Waals surface area contributed by atoms with Crippen LogP contribution in [0.2, 0.25) is 0 Å². The monoisotopic (exact) mass is 334 g/mol. The van der Waals surface area contributed by atoms with Crippen molar-refractivity contribution in [2.75, 3.05) is 6.61 Å². The molecule has 1 rings (SSSR count). The van der Waals surface area contributed by atoms with E-state index in [1.165, 1.54) is 25.7 Å². The molecule has 0 radical (unpaired) electrons. The molecule has 0 aromatic rings. The standard InChI is InChI=1S/C17H34O6/c1-3-5-6-7-8-9-10-12(4-2)22-17-16(21)15(20)14(19)13(11-18)23-17/h12-21H,3-11H2,1-2H3/t12?,13-,14-,15+,16-,17-/m1/s1. The van der Waals surface area contributed by atoms with E-state index in [9.17, 15) is 20.4 Å². The predicted octanol–water partition coefficient (Wildman–Crippen LogP) is 1.33. The highest BCUT2D eigenvalue weighted by Crippen LogP contribution is 2.24. The van der Waals surface area contributed by atoms with Crippen molar-refractivity contribution in [2.24, 2.45) is 0 Å². The summed E-state index contributed by atoms with van der Waals surface area (Å²) >= 11 is 0. The van der Waals surface area contributed by atoms with Crippen LogP contribution in [0.25, 0.3) is 0 Å². The third-order valence-corrected chi connectivity index (χ3v) is 4.51. The smallest absolute Gasteiger partial charge is 0.186 e. The molecule has 0 saturated carbocycles. The molecule has 6 nitrogen and oxygen atoms in total. The number of rotatable bonds is 11. The van der Waals surface area contributed by atoms with Crippen LogP contribution in [0.3, 0.4) is 0 Å². The summed E-state index contributed by atoms with van der Waals surface area (Å²) in [5, 5.41) is 38.7. The molecule has 6 atom stereocenters. The Hall–Kier alpha value is -0.240. The lowest BCUT2D eigenvalue weighted by atomic mass is 9.99. The molecule has 0 aliphatic carbocycles. The highest BCUT2D eigenvalue weighted by atomic mass is 16.7. The lowest BCUT2D eigenvalue weighted by Gasteiger charge is -2.40. The minimum atomic E-state index is -1.38. The maximum atomic E-state index is 9.99. The van der Waals surface area contributed by atoms with Gasteiger partial charge < -0.3 is 29.9 Å². The fourth-order valence-corrected chi connectivity index (χ4v) is 2.89. The normalized spacial score (nSPS) is 32.9. The zero-order chi connectivity index (χ0) is 17.2. The average Bonchev–Trinajstić information content (AvgIpc) is 2.56. The summed E-state index contributed by atoms with van der Waals surface area (Å²) in [7, 11) is 0. The van der Waals surface area contributed by atoms with Crippen LogP contribution in [-0.2, 0) is 9.47 Å². The van der Waals surface area contributed by atoms with Gasteiger partial charge in [-0.2, -0.15) is 0 Å². The van der Waals surface area contributed by atoms with Crippen molar-refractivity contribution in [3.63, 3.8) is 0 Å². The Morgan fingerprint density at radius 3 is 2.17 bits per heavy atom. The SMILES string of the molecule is CCCCCCCCC(CC)O[C@@H]1O[C@H](CO)[C@@H](O)[C@H](O)[C@H]1O. The second kappa shape index (κ2) is 11.3. The molecule has 1 fully saturated rings. The average molecular weight is 334 g/mol. The first-order chi connectivity index (χ1) is 11.0. The molecule has 1 aliphatic heterocycles. The Morgan fingerprint density at radius 1 is 0.913 bits per heavy atom. The largest absolute Gasteiger partial charge is 0.394 e. The lowest BCUT2D eigenvalue weighted by Crippen LogP contribution is -2.59. The van der Waals surface area contributed by atoms with Gasteiger partial charge in [0.2, 0.25) is 0 Å². The molecule has 1 aliphatic rings. The summed E-state index contributed by atoms with van der Waals surface area (Å²) in [4.78, 5) is 0. The summed E-state index contributed by atoms with van der Waals surface area (Å²) in [6.45, 7) is 3.77. The van der Waals surface area contributed by atoms with Crippen molar-refractivity contribution in [2.45, 2.75) is 102 Å². The van der Waals surface area contributed by atoms with E-state index in [2.05, 4.69) is 6.92 Å². The van der Waals surface area contributed by atoms with E-state index in [4.69, 9.17) is 9.47 Å². The first kappa shape index (κ1) is 20.8. The van der Waals surface area contributed by atoms with Crippen LogP contribution in [0.1, 0.15) is 65.2 Å². The van der Waals surface area contributed by atoms with E-state index < -0.39 is 37.3 Å². The molecule has 23 heavy (non-hydrogen) atoms. The molecule has 0 aromatic heterocycles. The molecule has 0 amide bonds. The van der Waals surface area contributed by atoms with Gasteiger partial charge in [-0.1, -0.05) is 52.4 Å². The Balaban J connectivity index is 2.38. The van der Waals surface area contributed by atoms with Crippen molar-refractivity contribution >= 4 is 0 Å². The molecular formula is C17H34O6. The number of aliphatic hydroxyl groups is 4. The minimum absolute atomic E-state index is 0.0670. The van der Waals surface area contributed by atoms with Crippen LogP contribution in [-0.4, -0.2) is 63.8 Å². The highest BCUT2D eigenvalue weighted by molar-refractivity contribution is 4.89. The summed E-state index contributed by atoms with van der Waals surface area (Å²) < 4.78 is 11.2. The van der Waals surface area contributed by atoms with Crippen molar-refractivity contribution in [1.82, 2.24) is 0 Å². The van der Waals surface area contributed by atoms with Crippen LogP contribution in [0, 0.1) is 0 Å². The number of hydrogen-bond donors (Lipinski definition) is 4. The van der Waals surface area contributed by atoms with Crippen molar-refractivity contribution in [3.05, 3.63) is 0 Å². The molecule has 138 valence electrons. The second-order valence-corrected chi connectivity index (χ2v) is 6.42. The Morgan fingerprint density at radius 2 is 1.57 bits per heavy atom. The second-order valence-electron chi connectivity index (χ2n) is 6.42. The van der Waals surface area contributed by atoms with Crippen molar-refractivity contribution in [1.29, 1.82) is 0 Å². The van der Waals surface area contributed by atoms with Gasteiger partial charge in [-0.25, -0.2) is 0 Å². The fraction of sp³-hybridized carbons (Fsp3) is 1.00. The fourth-order valence-electron chi connectivity index (χ4n) is 2.89. The van der Waals surface area contributed by atoms with Gasteiger partial charge >= 0.3 is 0 Å². The van der Waals surface area contributed by atoms with Crippen LogP contribution in [0.4, 0.5) is 0 Å². The molecule has 6 heteroatoms. The van der Waals surface area contributed by atoms with Gasteiger partial charge in [0, 0.05) is 0 Å². The number of hydrogen-bond acceptors (Lipinski definition) is 6. The van der Waals surface area contributed by atoms with Gasteiger partial charge in [-0.15, -0.1) is 0 Å². The van der Waals surface area contributed by atoms with Crippen LogP contribution in [0.15, 0.2) is 0 Å². The Labute approximate surface area is 139 Å². The number of aliphatic hydroxyl groups excluding tert-OH is 4. The zero-order valence-corrected chi connectivity index (χ0v) is 14.4.